The van der Waals surface area contributed by atoms with Crippen molar-refractivity contribution in [1.29, 1.82) is 0 Å². The van der Waals surface area contributed by atoms with Crippen LogP contribution in [0.4, 0.5) is 4.39 Å². The Balaban J connectivity index is 1.30. The molecule has 1 amide bonds. The number of aliphatic carboxylic acids is 1. The minimum Gasteiger partial charge on any atom is -0.494 e. The lowest BCUT2D eigenvalue weighted by molar-refractivity contribution is -0.136. The number of nitrogens with zero attached hydrogens (tertiary/aromatic N) is 2. The number of ether oxygens (including phenoxy) is 1. The van der Waals surface area contributed by atoms with Gasteiger partial charge in [-0.1, -0.05) is 12.1 Å². The largest absolute Gasteiger partial charge is 0.494 e. The van der Waals surface area contributed by atoms with Crippen LogP contribution in [0.1, 0.15) is 56.1 Å². The number of amides is 1. The number of benzene rings is 2. The minimum absolute atomic E-state index is 0.148. The SMILES string of the molecule is CCOc1cc(-c2ccc(F)cc2)c(C2CC2)cc1CN1CCC(N2CCC(C(=O)O)=CC2=O)CC1. The number of hydrogen-bond acceptors (Lipinski definition) is 4. The van der Waals surface area contributed by atoms with E-state index in [9.17, 15) is 14.0 Å². The molecular weight excluding hydrogens is 459 g/mol. The smallest absolute Gasteiger partial charge is 0.331 e. The highest BCUT2D eigenvalue weighted by molar-refractivity contribution is 5.99. The molecule has 3 aliphatic rings. The van der Waals surface area contributed by atoms with Crippen molar-refractivity contribution in [3.05, 3.63) is 65.0 Å². The van der Waals surface area contributed by atoms with Crippen molar-refractivity contribution in [3.8, 4) is 16.9 Å². The molecule has 190 valence electrons. The molecule has 0 atom stereocenters. The Labute approximate surface area is 211 Å². The monoisotopic (exact) mass is 492 g/mol. The summed E-state index contributed by atoms with van der Waals surface area (Å²) in [5, 5.41) is 9.17. The van der Waals surface area contributed by atoms with Crippen LogP contribution in [-0.2, 0) is 16.1 Å². The Kier molecular flexibility index (Phi) is 7.10. The predicted molar refractivity (Wildman–Crippen MR) is 135 cm³/mol. The zero-order valence-corrected chi connectivity index (χ0v) is 20.7. The predicted octanol–water partition coefficient (Wildman–Crippen LogP) is 4.98. The van der Waals surface area contributed by atoms with Crippen LogP contribution in [-0.4, -0.2) is 59.1 Å². The molecule has 0 radical (unpaired) electrons. The first-order valence-electron chi connectivity index (χ1n) is 12.9. The van der Waals surface area contributed by atoms with Gasteiger partial charge >= 0.3 is 5.97 Å². The van der Waals surface area contributed by atoms with Crippen LogP contribution in [0.2, 0.25) is 0 Å². The molecule has 1 saturated heterocycles. The van der Waals surface area contributed by atoms with Crippen LogP contribution in [0.3, 0.4) is 0 Å². The second-order valence-corrected chi connectivity index (χ2v) is 10.0. The zero-order chi connectivity index (χ0) is 25.2. The molecular formula is C29H33FN2O4. The minimum atomic E-state index is -1.00. The summed E-state index contributed by atoms with van der Waals surface area (Å²) in [5.74, 6) is 0.00137. The lowest BCUT2D eigenvalue weighted by Crippen LogP contribution is -2.48. The Hall–Kier alpha value is -3.19. The molecule has 5 rings (SSSR count). The van der Waals surface area contributed by atoms with Crippen LogP contribution in [0.5, 0.6) is 5.75 Å². The summed E-state index contributed by atoms with van der Waals surface area (Å²) in [4.78, 5) is 28.0. The molecule has 2 aliphatic heterocycles. The van der Waals surface area contributed by atoms with Gasteiger partial charge in [-0.25, -0.2) is 9.18 Å². The number of halogens is 1. The summed E-state index contributed by atoms with van der Waals surface area (Å²) in [6, 6.07) is 11.3. The molecule has 2 aromatic rings. The highest BCUT2D eigenvalue weighted by Crippen LogP contribution is 2.46. The van der Waals surface area contributed by atoms with E-state index >= 15 is 0 Å². The van der Waals surface area contributed by atoms with Gasteiger partial charge in [0, 0.05) is 49.4 Å². The van der Waals surface area contributed by atoms with Gasteiger partial charge in [0.2, 0.25) is 5.91 Å². The van der Waals surface area contributed by atoms with Crippen LogP contribution in [0.25, 0.3) is 11.1 Å². The van der Waals surface area contributed by atoms with Gasteiger partial charge in [-0.3, -0.25) is 9.69 Å². The number of likely N-dealkylation sites (tertiary alicyclic amines) is 1. The van der Waals surface area contributed by atoms with E-state index < -0.39 is 5.97 Å². The molecule has 0 unspecified atom stereocenters. The average Bonchev–Trinajstić information content (AvgIpc) is 3.71. The first kappa shape index (κ1) is 24.5. The Morgan fingerprint density at radius 3 is 2.42 bits per heavy atom. The van der Waals surface area contributed by atoms with Crippen LogP contribution >= 0.6 is 0 Å². The number of rotatable bonds is 8. The van der Waals surface area contributed by atoms with E-state index in [2.05, 4.69) is 17.0 Å². The summed E-state index contributed by atoms with van der Waals surface area (Å²) in [7, 11) is 0. The highest BCUT2D eigenvalue weighted by atomic mass is 19.1. The number of piperidine rings is 1. The van der Waals surface area contributed by atoms with Crippen molar-refractivity contribution in [2.75, 3.05) is 26.2 Å². The van der Waals surface area contributed by atoms with E-state index in [4.69, 9.17) is 9.84 Å². The molecule has 2 heterocycles. The molecule has 2 fully saturated rings. The second-order valence-electron chi connectivity index (χ2n) is 10.0. The fourth-order valence-corrected chi connectivity index (χ4v) is 5.49. The topological polar surface area (TPSA) is 70.1 Å². The molecule has 36 heavy (non-hydrogen) atoms. The first-order chi connectivity index (χ1) is 17.4. The van der Waals surface area contributed by atoms with Crippen molar-refractivity contribution in [1.82, 2.24) is 9.80 Å². The lowest BCUT2D eigenvalue weighted by atomic mass is 9.93. The van der Waals surface area contributed by atoms with Crippen LogP contribution < -0.4 is 4.74 Å². The van der Waals surface area contributed by atoms with Gasteiger partial charge in [-0.05, 0) is 85.9 Å². The Morgan fingerprint density at radius 1 is 1.08 bits per heavy atom. The molecule has 0 aromatic heterocycles. The van der Waals surface area contributed by atoms with Gasteiger partial charge in [0.15, 0.2) is 0 Å². The molecule has 0 bridgehead atoms. The molecule has 2 aromatic carbocycles. The molecule has 1 saturated carbocycles. The number of carbonyl (C=O) groups excluding carboxylic acids is 1. The van der Waals surface area contributed by atoms with E-state index in [-0.39, 0.29) is 23.3 Å². The molecule has 1 N–H and O–H groups in total. The highest BCUT2D eigenvalue weighted by Gasteiger charge is 2.32. The van der Waals surface area contributed by atoms with Crippen molar-refractivity contribution in [2.45, 2.75) is 57.5 Å². The van der Waals surface area contributed by atoms with Crippen molar-refractivity contribution >= 4 is 11.9 Å². The maximum Gasteiger partial charge on any atom is 0.331 e. The molecule has 6 nitrogen and oxygen atoms in total. The zero-order valence-electron chi connectivity index (χ0n) is 20.7. The third-order valence-electron chi connectivity index (χ3n) is 7.57. The molecule has 0 spiro atoms. The van der Waals surface area contributed by atoms with E-state index in [1.54, 1.807) is 0 Å². The summed E-state index contributed by atoms with van der Waals surface area (Å²) < 4.78 is 19.6. The standard InChI is InChI=1S/C29H33FN2O4/c1-2-36-27-17-26(20-5-7-23(30)8-6-20)25(19-3-4-19)15-22(27)18-31-12-10-24(11-13-31)32-14-9-21(29(34)35)16-28(32)33/h5-8,15-17,19,24H,2-4,9-14,18H2,1H3,(H,34,35). The first-order valence-corrected chi connectivity index (χ1v) is 12.9. The number of carboxylic acids is 1. The molecule has 1 aliphatic carbocycles. The van der Waals surface area contributed by atoms with Crippen LogP contribution in [0, 0.1) is 5.82 Å². The fourth-order valence-electron chi connectivity index (χ4n) is 5.49. The van der Waals surface area contributed by atoms with Crippen molar-refractivity contribution < 1.29 is 23.8 Å². The van der Waals surface area contributed by atoms with Gasteiger partial charge < -0.3 is 14.7 Å². The maximum atomic E-state index is 13.5. The summed E-state index contributed by atoms with van der Waals surface area (Å²) in [6.07, 6.45) is 5.78. The van der Waals surface area contributed by atoms with Gasteiger partial charge in [-0.15, -0.1) is 0 Å². The van der Waals surface area contributed by atoms with E-state index in [1.807, 2.05) is 24.0 Å². The second kappa shape index (κ2) is 10.4. The van der Waals surface area contributed by atoms with Crippen LogP contribution in [0.15, 0.2) is 48.0 Å². The summed E-state index contributed by atoms with van der Waals surface area (Å²) in [6.45, 7) is 5.56. The van der Waals surface area contributed by atoms with Crippen molar-refractivity contribution in [2.24, 2.45) is 0 Å². The Bertz CT molecular complexity index is 1160. The fraction of sp³-hybridized carbons (Fsp3) is 0.448. The Morgan fingerprint density at radius 2 is 1.81 bits per heavy atom. The van der Waals surface area contributed by atoms with E-state index in [0.717, 1.165) is 49.4 Å². The third kappa shape index (κ3) is 5.31. The number of carboxylic acid groups (broad SMARTS) is 1. The number of hydrogen-bond donors (Lipinski definition) is 1. The summed E-state index contributed by atoms with van der Waals surface area (Å²) >= 11 is 0. The van der Waals surface area contributed by atoms with E-state index in [0.29, 0.717) is 25.5 Å². The molecule has 7 heteroatoms. The van der Waals surface area contributed by atoms with Gasteiger partial charge in [0.05, 0.1) is 6.61 Å². The van der Waals surface area contributed by atoms with Crippen molar-refractivity contribution in [3.63, 3.8) is 0 Å². The lowest BCUT2D eigenvalue weighted by Gasteiger charge is -2.39. The summed E-state index contributed by atoms with van der Waals surface area (Å²) in [5.41, 5.74) is 4.83. The maximum absolute atomic E-state index is 13.5. The third-order valence-corrected chi connectivity index (χ3v) is 7.57. The van der Waals surface area contributed by atoms with E-state index in [1.165, 1.54) is 42.2 Å². The average molecular weight is 493 g/mol. The van der Waals surface area contributed by atoms with Gasteiger partial charge in [0.25, 0.3) is 0 Å². The quantitative estimate of drug-likeness (QED) is 0.563. The normalized spacial score (nSPS) is 19.3. The number of carbonyl (C=O) groups is 2. The van der Waals surface area contributed by atoms with Gasteiger partial charge in [-0.2, -0.15) is 0 Å². The van der Waals surface area contributed by atoms with Gasteiger partial charge in [0.1, 0.15) is 11.6 Å².